The van der Waals surface area contributed by atoms with Crippen LogP contribution < -0.4 is 20.5 Å². The van der Waals surface area contributed by atoms with E-state index in [2.05, 4.69) is 5.32 Å². The Balaban J connectivity index is 1.81. The Hall–Kier alpha value is -3.66. The number of hydrogen-bond acceptors (Lipinski definition) is 6. The number of carbonyl (C=O) groups is 3. The Bertz CT molecular complexity index is 1130. The Labute approximate surface area is 223 Å². The van der Waals surface area contributed by atoms with Crippen LogP contribution in [0.4, 0.5) is 4.39 Å². The molecule has 3 N–H and O–H groups in total. The van der Waals surface area contributed by atoms with Crippen molar-refractivity contribution in [2.45, 2.75) is 50.7 Å². The summed E-state index contributed by atoms with van der Waals surface area (Å²) in [6, 6.07) is 8.85. The first-order valence-corrected chi connectivity index (χ1v) is 12.8. The van der Waals surface area contributed by atoms with Gasteiger partial charge in [-0.15, -0.1) is 0 Å². The highest BCUT2D eigenvalue weighted by atomic mass is 19.1. The van der Waals surface area contributed by atoms with E-state index in [1.165, 1.54) is 31.2 Å². The van der Waals surface area contributed by atoms with Crippen molar-refractivity contribution in [3.63, 3.8) is 0 Å². The molecule has 2 aromatic carbocycles. The molecule has 10 heteroatoms. The number of likely N-dealkylation sites (N-methyl/N-ethyl adjacent to an activating group) is 1. The molecule has 0 saturated carbocycles. The summed E-state index contributed by atoms with van der Waals surface area (Å²) in [5.74, 6) is -0.183. The maximum atomic E-state index is 13.7. The molecule has 3 amide bonds. The summed E-state index contributed by atoms with van der Waals surface area (Å²) in [4.78, 5) is 43.2. The van der Waals surface area contributed by atoms with E-state index in [0.29, 0.717) is 24.3 Å². The van der Waals surface area contributed by atoms with E-state index in [4.69, 9.17) is 15.2 Å². The predicted molar refractivity (Wildman–Crippen MR) is 141 cm³/mol. The first-order valence-electron chi connectivity index (χ1n) is 12.8. The molecule has 3 atom stereocenters. The number of rotatable bonds is 11. The molecular weight excluding hydrogens is 491 g/mol. The Morgan fingerprint density at radius 1 is 1.05 bits per heavy atom. The van der Waals surface area contributed by atoms with E-state index in [1.807, 2.05) is 13.0 Å². The maximum absolute atomic E-state index is 13.7. The molecular formula is C28H37FN4O5. The van der Waals surface area contributed by atoms with Gasteiger partial charge >= 0.3 is 0 Å². The van der Waals surface area contributed by atoms with Gasteiger partial charge in [-0.25, -0.2) is 4.39 Å². The molecule has 0 spiro atoms. The number of halogens is 1. The average Bonchev–Trinajstić information content (AvgIpc) is 2.93. The van der Waals surface area contributed by atoms with Crippen molar-refractivity contribution in [1.29, 1.82) is 0 Å². The van der Waals surface area contributed by atoms with Crippen LogP contribution in [0.3, 0.4) is 0 Å². The average molecular weight is 529 g/mol. The third-order valence-electron chi connectivity index (χ3n) is 6.86. The monoisotopic (exact) mass is 528 g/mol. The van der Waals surface area contributed by atoms with Crippen molar-refractivity contribution in [2.24, 2.45) is 5.73 Å². The molecule has 3 rings (SSSR count). The van der Waals surface area contributed by atoms with Crippen LogP contribution in [-0.4, -0.2) is 80.0 Å². The van der Waals surface area contributed by atoms with Crippen LogP contribution in [0.2, 0.25) is 0 Å². The smallest absolute Gasteiger partial charge is 0.246 e. The van der Waals surface area contributed by atoms with Crippen molar-refractivity contribution < 1.29 is 28.2 Å². The zero-order chi connectivity index (χ0) is 27.8. The van der Waals surface area contributed by atoms with Gasteiger partial charge in [0.2, 0.25) is 17.7 Å². The third kappa shape index (κ3) is 6.61. The number of nitrogens with one attached hydrogen (secondary N) is 1. The van der Waals surface area contributed by atoms with Gasteiger partial charge in [-0.1, -0.05) is 31.5 Å². The van der Waals surface area contributed by atoms with Crippen LogP contribution in [0, 0.1) is 5.82 Å². The lowest BCUT2D eigenvalue weighted by molar-refractivity contribution is -0.156. The van der Waals surface area contributed by atoms with E-state index in [-0.39, 0.29) is 49.5 Å². The number of hydrogen-bond donors (Lipinski definition) is 2. The second kappa shape index (κ2) is 13.2. The molecule has 0 aliphatic carbocycles. The van der Waals surface area contributed by atoms with Gasteiger partial charge in [-0.2, -0.15) is 0 Å². The van der Waals surface area contributed by atoms with E-state index >= 15 is 0 Å². The largest absolute Gasteiger partial charge is 0.493 e. The number of piperazine rings is 1. The molecule has 1 fully saturated rings. The molecule has 2 unspecified atom stereocenters. The number of methoxy groups -OCH3 is 2. The Kier molecular flexibility index (Phi) is 10.1. The maximum Gasteiger partial charge on any atom is 0.246 e. The van der Waals surface area contributed by atoms with Gasteiger partial charge in [0.25, 0.3) is 0 Å². The molecule has 0 radical (unpaired) electrons. The fraction of sp³-hybridized carbons (Fsp3) is 0.464. The van der Waals surface area contributed by atoms with Gasteiger partial charge in [0, 0.05) is 26.6 Å². The van der Waals surface area contributed by atoms with Crippen molar-refractivity contribution in [1.82, 2.24) is 15.1 Å². The molecule has 1 aliphatic rings. The fourth-order valence-corrected chi connectivity index (χ4v) is 4.85. The quantitative estimate of drug-likeness (QED) is 0.461. The zero-order valence-corrected chi connectivity index (χ0v) is 22.4. The number of nitrogens with two attached hydrogens (primary N) is 1. The Morgan fingerprint density at radius 3 is 2.32 bits per heavy atom. The van der Waals surface area contributed by atoms with E-state index in [0.717, 1.165) is 11.1 Å². The first kappa shape index (κ1) is 28.9. The highest BCUT2D eigenvalue weighted by Gasteiger charge is 2.42. The molecule has 206 valence electrons. The van der Waals surface area contributed by atoms with Crippen LogP contribution in [0.5, 0.6) is 11.5 Å². The van der Waals surface area contributed by atoms with Crippen LogP contribution in [0.15, 0.2) is 42.5 Å². The number of amides is 3. The van der Waals surface area contributed by atoms with Crippen LogP contribution in [-0.2, 0) is 27.2 Å². The highest BCUT2D eigenvalue weighted by molar-refractivity contribution is 5.94. The molecule has 1 aliphatic heterocycles. The fourth-order valence-electron chi connectivity index (χ4n) is 4.85. The van der Waals surface area contributed by atoms with Gasteiger partial charge in [-0.05, 0) is 48.2 Å². The third-order valence-corrected chi connectivity index (χ3v) is 6.86. The second-order valence-electron chi connectivity index (χ2n) is 9.33. The van der Waals surface area contributed by atoms with Gasteiger partial charge < -0.3 is 30.3 Å². The van der Waals surface area contributed by atoms with E-state index in [9.17, 15) is 18.8 Å². The SMILES string of the molecule is CCC[C@@H]1C(=O)N(C(Cc2ccc(OC)c(OC)c2)C(=O)NC)CCN1C(=O)C(N)Cc1ccc(F)cc1. The lowest BCUT2D eigenvalue weighted by Crippen LogP contribution is -2.65. The van der Waals surface area contributed by atoms with Crippen molar-refractivity contribution in [3.8, 4) is 11.5 Å². The number of nitrogens with zero attached hydrogens (tertiary/aromatic N) is 2. The highest BCUT2D eigenvalue weighted by Crippen LogP contribution is 2.29. The van der Waals surface area contributed by atoms with Crippen molar-refractivity contribution >= 4 is 17.7 Å². The number of benzene rings is 2. The zero-order valence-electron chi connectivity index (χ0n) is 22.4. The lowest BCUT2D eigenvalue weighted by Gasteiger charge is -2.44. The molecule has 9 nitrogen and oxygen atoms in total. The molecule has 2 aromatic rings. The topological polar surface area (TPSA) is 114 Å². The van der Waals surface area contributed by atoms with E-state index < -0.39 is 18.1 Å². The minimum atomic E-state index is -0.874. The van der Waals surface area contributed by atoms with Gasteiger partial charge in [0.1, 0.15) is 17.9 Å². The minimum Gasteiger partial charge on any atom is -0.493 e. The number of ether oxygens (including phenoxy) is 2. The molecule has 0 aromatic heterocycles. The summed E-state index contributed by atoms with van der Waals surface area (Å²) < 4.78 is 24.0. The Morgan fingerprint density at radius 2 is 1.71 bits per heavy atom. The van der Waals surface area contributed by atoms with Crippen molar-refractivity contribution in [2.75, 3.05) is 34.4 Å². The summed E-state index contributed by atoms with van der Waals surface area (Å²) in [7, 11) is 4.61. The van der Waals surface area contributed by atoms with Crippen LogP contribution >= 0.6 is 0 Å². The molecule has 0 bridgehead atoms. The summed E-state index contributed by atoms with van der Waals surface area (Å²) >= 11 is 0. The first-order chi connectivity index (χ1) is 18.2. The summed E-state index contributed by atoms with van der Waals surface area (Å²) in [5, 5.41) is 2.67. The summed E-state index contributed by atoms with van der Waals surface area (Å²) in [5.41, 5.74) is 7.78. The molecule has 1 saturated heterocycles. The summed E-state index contributed by atoms with van der Waals surface area (Å²) in [6.07, 6.45) is 1.61. The lowest BCUT2D eigenvalue weighted by atomic mass is 9.97. The van der Waals surface area contributed by atoms with E-state index in [1.54, 1.807) is 36.3 Å². The van der Waals surface area contributed by atoms with Gasteiger partial charge in [-0.3, -0.25) is 14.4 Å². The minimum absolute atomic E-state index is 0.194. The normalized spacial score (nSPS) is 17.1. The van der Waals surface area contributed by atoms with Gasteiger partial charge in [0.15, 0.2) is 11.5 Å². The second-order valence-corrected chi connectivity index (χ2v) is 9.33. The summed E-state index contributed by atoms with van der Waals surface area (Å²) in [6.45, 7) is 2.39. The number of carbonyl (C=O) groups excluding carboxylic acids is 3. The van der Waals surface area contributed by atoms with Crippen LogP contribution in [0.25, 0.3) is 0 Å². The van der Waals surface area contributed by atoms with Gasteiger partial charge in [0.05, 0.1) is 20.3 Å². The predicted octanol–water partition coefficient (Wildman–Crippen LogP) is 1.91. The standard InChI is InChI=1S/C28H37FN4O5/c1-5-6-22-28(36)33(14-13-32(22)27(35)21(30)15-18-7-10-20(29)11-8-18)23(26(34)31-2)16-19-9-12-24(37-3)25(17-19)38-4/h7-12,17,21-23H,5-6,13-16,30H2,1-4H3,(H,31,34)/t21?,22-,23?/m1/s1. The van der Waals surface area contributed by atoms with Crippen molar-refractivity contribution in [3.05, 3.63) is 59.4 Å². The molecule has 1 heterocycles. The molecule has 38 heavy (non-hydrogen) atoms. The van der Waals surface area contributed by atoms with Crippen LogP contribution in [0.1, 0.15) is 30.9 Å².